The Morgan fingerprint density at radius 1 is 0.933 bits per heavy atom. The molecule has 150 valence electrons. The zero-order chi connectivity index (χ0) is 20.9. The zero-order valence-corrected chi connectivity index (χ0v) is 16.9. The van der Waals surface area contributed by atoms with Crippen LogP contribution in [0.3, 0.4) is 0 Å². The van der Waals surface area contributed by atoms with E-state index in [9.17, 15) is 9.90 Å². The number of carbonyl (C=O) groups excluding carboxylic acids is 1. The molecule has 0 aliphatic carbocycles. The van der Waals surface area contributed by atoms with Gasteiger partial charge in [-0.15, -0.1) is 0 Å². The highest BCUT2D eigenvalue weighted by molar-refractivity contribution is 6.09. The molecule has 1 unspecified atom stereocenters. The molecule has 4 aromatic rings. The van der Waals surface area contributed by atoms with Crippen molar-refractivity contribution in [3.8, 4) is 11.3 Å². The minimum atomic E-state index is -0.268. The molecule has 4 nitrogen and oxygen atoms in total. The highest BCUT2D eigenvalue weighted by atomic mass is 16.3. The van der Waals surface area contributed by atoms with Crippen LogP contribution in [0.4, 0.5) is 0 Å². The number of fused-ring (bicyclic) bond motifs is 1. The van der Waals surface area contributed by atoms with E-state index in [0.29, 0.717) is 12.0 Å². The second-order valence-electron chi connectivity index (χ2n) is 7.29. The lowest BCUT2D eigenvalue weighted by molar-refractivity contribution is 0.0931. The second-order valence-corrected chi connectivity index (χ2v) is 7.29. The molecule has 0 aliphatic heterocycles. The van der Waals surface area contributed by atoms with E-state index in [-0.39, 0.29) is 18.6 Å². The molecular weight excluding hydrogens is 372 g/mol. The third-order valence-corrected chi connectivity index (χ3v) is 5.34. The van der Waals surface area contributed by atoms with Gasteiger partial charge in [0.15, 0.2) is 0 Å². The van der Waals surface area contributed by atoms with Crippen molar-refractivity contribution in [3.63, 3.8) is 0 Å². The van der Waals surface area contributed by atoms with Crippen molar-refractivity contribution in [1.82, 2.24) is 10.3 Å². The highest BCUT2D eigenvalue weighted by Crippen LogP contribution is 2.30. The Kier molecular flexibility index (Phi) is 5.87. The first kappa shape index (κ1) is 19.8. The van der Waals surface area contributed by atoms with Crippen LogP contribution in [0.25, 0.3) is 22.2 Å². The van der Waals surface area contributed by atoms with Gasteiger partial charge in [0.05, 0.1) is 22.8 Å². The number of nitrogens with one attached hydrogen (secondary N) is 1. The maximum atomic E-state index is 13.5. The van der Waals surface area contributed by atoms with E-state index < -0.39 is 0 Å². The first-order valence-electron chi connectivity index (χ1n) is 10.1. The molecule has 0 saturated heterocycles. The van der Waals surface area contributed by atoms with Crippen LogP contribution >= 0.6 is 0 Å². The molecule has 1 amide bonds. The van der Waals surface area contributed by atoms with E-state index >= 15 is 0 Å². The third kappa shape index (κ3) is 3.95. The summed E-state index contributed by atoms with van der Waals surface area (Å²) in [5, 5.41) is 13.5. The molecule has 0 aliphatic rings. The summed E-state index contributed by atoms with van der Waals surface area (Å²) >= 11 is 0. The van der Waals surface area contributed by atoms with E-state index in [1.54, 1.807) is 0 Å². The number of benzene rings is 3. The number of hydrogen-bond acceptors (Lipinski definition) is 3. The summed E-state index contributed by atoms with van der Waals surface area (Å²) in [6.45, 7) is 1.94. The molecule has 0 saturated carbocycles. The Morgan fingerprint density at radius 3 is 2.27 bits per heavy atom. The van der Waals surface area contributed by atoms with E-state index in [2.05, 4.69) is 5.32 Å². The Labute approximate surface area is 176 Å². The van der Waals surface area contributed by atoms with Crippen LogP contribution in [-0.4, -0.2) is 22.6 Å². The van der Waals surface area contributed by atoms with Crippen LogP contribution in [0, 0.1) is 6.92 Å². The smallest absolute Gasteiger partial charge is 0.252 e. The van der Waals surface area contributed by atoms with Crippen molar-refractivity contribution < 1.29 is 9.90 Å². The van der Waals surface area contributed by atoms with Gasteiger partial charge >= 0.3 is 0 Å². The highest BCUT2D eigenvalue weighted by Gasteiger charge is 2.21. The Bertz CT molecular complexity index is 1160. The molecule has 4 heteroatoms. The van der Waals surface area contributed by atoms with Gasteiger partial charge in [-0.05, 0) is 30.5 Å². The van der Waals surface area contributed by atoms with Crippen LogP contribution in [-0.2, 0) is 0 Å². The second kappa shape index (κ2) is 8.89. The SMILES string of the molecule is Cc1c(-c2ccccc2)nc2ccccc2c1C(=O)NC(CCO)c1ccccc1. The summed E-state index contributed by atoms with van der Waals surface area (Å²) in [6.07, 6.45) is 0.448. The van der Waals surface area contributed by atoms with Crippen LogP contribution < -0.4 is 5.32 Å². The summed E-state index contributed by atoms with van der Waals surface area (Å²) in [7, 11) is 0. The number of para-hydroxylation sites is 1. The molecule has 0 spiro atoms. The predicted molar refractivity (Wildman–Crippen MR) is 120 cm³/mol. The maximum Gasteiger partial charge on any atom is 0.252 e. The molecule has 4 rings (SSSR count). The fourth-order valence-electron chi connectivity index (χ4n) is 3.84. The van der Waals surface area contributed by atoms with E-state index in [1.807, 2.05) is 91.9 Å². The van der Waals surface area contributed by atoms with Gasteiger partial charge in [0.1, 0.15) is 0 Å². The molecule has 3 aromatic carbocycles. The van der Waals surface area contributed by atoms with Crippen LogP contribution in [0.1, 0.15) is 33.9 Å². The number of pyridine rings is 1. The molecule has 1 heterocycles. The summed E-state index contributed by atoms with van der Waals surface area (Å²) in [5.74, 6) is -0.161. The lowest BCUT2D eigenvalue weighted by Crippen LogP contribution is -2.30. The molecule has 30 heavy (non-hydrogen) atoms. The molecule has 0 fully saturated rings. The minimum absolute atomic E-state index is 0.00875. The van der Waals surface area contributed by atoms with Crippen molar-refractivity contribution in [2.24, 2.45) is 0 Å². The van der Waals surface area contributed by atoms with Crippen LogP contribution in [0.15, 0.2) is 84.9 Å². The van der Waals surface area contributed by atoms with Gasteiger partial charge < -0.3 is 10.4 Å². The van der Waals surface area contributed by atoms with Crippen LogP contribution in [0.5, 0.6) is 0 Å². The third-order valence-electron chi connectivity index (χ3n) is 5.34. The van der Waals surface area contributed by atoms with Gasteiger partial charge in [0.25, 0.3) is 5.91 Å². The van der Waals surface area contributed by atoms with E-state index in [4.69, 9.17) is 4.98 Å². The number of hydrogen-bond donors (Lipinski definition) is 2. The summed E-state index contributed by atoms with van der Waals surface area (Å²) in [6, 6.07) is 27.1. The number of nitrogens with zero attached hydrogens (tertiary/aromatic N) is 1. The van der Waals surface area contributed by atoms with Crippen LogP contribution in [0.2, 0.25) is 0 Å². The number of carbonyl (C=O) groups is 1. The average Bonchev–Trinajstić information content (AvgIpc) is 2.79. The van der Waals surface area contributed by atoms with Gasteiger partial charge in [-0.25, -0.2) is 4.98 Å². The van der Waals surface area contributed by atoms with E-state index in [0.717, 1.165) is 33.3 Å². The fraction of sp³-hybridized carbons (Fsp3) is 0.154. The normalized spacial score (nSPS) is 11.9. The molecule has 1 atom stereocenters. The van der Waals surface area contributed by atoms with Crippen molar-refractivity contribution >= 4 is 16.8 Å². The van der Waals surface area contributed by atoms with Gasteiger partial charge in [0.2, 0.25) is 0 Å². The first-order valence-corrected chi connectivity index (χ1v) is 10.1. The number of aliphatic hydroxyl groups excluding tert-OH is 1. The van der Waals surface area contributed by atoms with E-state index in [1.165, 1.54) is 0 Å². The quantitative estimate of drug-likeness (QED) is 0.479. The molecule has 2 N–H and O–H groups in total. The lowest BCUT2D eigenvalue weighted by atomic mass is 9.96. The molecule has 0 radical (unpaired) electrons. The Balaban J connectivity index is 1.81. The van der Waals surface area contributed by atoms with Gasteiger partial charge in [-0.1, -0.05) is 78.9 Å². The minimum Gasteiger partial charge on any atom is -0.396 e. The maximum absolute atomic E-state index is 13.5. The largest absolute Gasteiger partial charge is 0.396 e. The summed E-state index contributed by atoms with van der Waals surface area (Å²) in [5.41, 5.74) is 5.00. The van der Waals surface area contributed by atoms with Gasteiger partial charge in [0, 0.05) is 17.6 Å². The van der Waals surface area contributed by atoms with Gasteiger partial charge in [-0.3, -0.25) is 4.79 Å². The van der Waals surface area contributed by atoms with Crippen molar-refractivity contribution in [2.75, 3.05) is 6.61 Å². The first-order chi connectivity index (χ1) is 14.7. The van der Waals surface area contributed by atoms with Crippen molar-refractivity contribution in [1.29, 1.82) is 0 Å². The average molecular weight is 396 g/mol. The summed E-state index contributed by atoms with van der Waals surface area (Å²) < 4.78 is 0. The Hall–Kier alpha value is -3.50. The van der Waals surface area contributed by atoms with Crippen molar-refractivity contribution in [2.45, 2.75) is 19.4 Å². The zero-order valence-electron chi connectivity index (χ0n) is 16.9. The molecule has 1 aromatic heterocycles. The molecular formula is C26H24N2O2. The topological polar surface area (TPSA) is 62.2 Å². The van der Waals surface area contributed by atoms with Gasteiger partial charge in [-0.2, -0.15) is 0 Å². The lowest BCUT2D eigenvalue weighted by Gasteiger charge is -2.21. The standard InChI is InChI=1S/C26H24N2O2/c1-18-24(26(30)28-22(16-17-29)19-10-4-2-5-11-19)21-14-8-9-15-23(21)27-25(18)20-12-6-3-7-13-20/h2-15,22,29H,16-17H2,1H3,(H,28,30). The number of amides is 1. The number of rotatable bonds is 6. The van der Waals surface area contributed by atoms with Crippen molar-refractivity contribution in [3.05, 3.63) is 102 Å². The number of aliphatic hydroxyl groups is 1. The number of aromatic nitrogens is 1. The molecule has 0 bridgehead atoms. The monoisotopic (exact) mass is 396 g/mol. The summed E-state index contributed by atoms with van der Waals surface area (Å²) in [4.78, 5) is 18.3. The Morgan fingerprint density at radius 2 is 1.57 bits per heavy atom. The fourth-order valence-corrected chi connectivity index (χ4v) is 3.84. The predicted octanol–water partition coefficient (Wildman–Crippen LogP) is 5.06.